The molecule has 0 saturated heterocycles. The van der Waals surface area contributed by atoms with E-state index in [0.29, 0.717) is 12.4 Å². The van der Waals surface area contributed by atoms with Gasteiger partial charge >= 0.3 is 0 Å². The van der Waals surface area contributed by atoms with Gasteiger partial charge in [0.1, 0.15) is 5.82 Å². The number of benzene rings is 1. The lowest BCUT2D eigenvalue weighted by molar-refractivity contribution is 0.969. The van der Waals surface area contributed by atoms with E-state index < -0.39 is 0 Å². The van der Waals surface area contributed by atoms with Crippen LogP contribution in [-0.4, -0.2) is 11.5 Å². The molecule has 1 aromatic carbocycles. The largest absolute Gasteiger partial charge is 0.330 e. The highest BCUT2D eigenvalue weighted by Gasteiger charge is 1.99. The first-order valence-corrected chi connectivity index (χ1v) is 5.55. The van der Waals surface area contributed by atoms with Gasteiger partial charge in [0.05, 0.1) is 0 Å². The molecular formula is C13H16N4. The van der Waals surface area contributed by atoms with Crippen molar-refractivity contribution in [1.82, 2.24) is 4.98 Å². The van der Waals surface area contributed by atoms with Gasteiger partial charge in [-0.1, -0.05) is 24.3 Å². The van der Waals surface area contributed by atoms with Crippen LogP contribution in [0.2, 0.25) is 0 Å². The molecule has 0 aliphatic rings. The van der Waals surface area contributed by atoms with Crippen molar-refractivity contribution in [3.8, 4) is 11.1 Å². The predicted molar refractivity (Wildman–Crippen MR) is 70.2 cm³/mol. The smallest absolute Gasteiger partial charge is 0.140 e. The average molecular weight is 228 g/mol. The van der Waals surface area contributed by atoms with E-state index in [2.05, 4.69) is 34.7 Å². The van der Waals surface area contributed by atoms with Crippen LogP contribution >= 0.6 is 0 Å². The summed E-state index contributed by atoms with van der Waals surface area (Å²) in [4.78, 5) is 4.08. The van der Waals surface area contributed by atoms with Gasteiger partial charge in [-0.3, -0.25) is 0 Å². The lowest BCUT2D eigenvalue weighted by Gasteiger charge is -2.05. The molecule has 0 radical (unpaired) electrons. The third kappa shape index (κ3) is 2.81. The Hall–Kier alpha value is -1.91. The molecule has 1 aromatic heterocycles. The molecule has 1 heterocycles. The lowest BCUT2D eigenvalue weighted by atomic mass is 10.0. The number of rotatable bonds is 4. The van der Waals surface area contributed by atoms with E-state index in [1.54, 1.807) is 6.20 Å². The second-order valence-electron chi connectivity index (χ2n) is 3.81. The van der Waals surface area contributed by atoms with Gasteiger partial charge in [-0.05, 0) is 41.8 Å². The van der Waals surface area contributed by atoms with Gasteiger partial charge in [-0.2, -0.15) is 0 Å². The Balaban J connectivity index is 2.26. The fourth-order valence-electron chi connectivity index (χ4n) is 1.72. The molecule has 4 nitrogen and oxygen atoms in total. The molecule has 0 fully saturated rings. The van der Waals surface area contributed by atoms with Crippen LogP contribution in [0.25, 0.3) is 11.1 Å². The van der Waals surface area contributed by atoms with E-state index >= 15 is 0 Å². The summed E-state index contributed by atoms with van der Waals surface area (Å²) in [5.41, 5.74) is 11.5. The number of anilines is 1. The van der Waals surface area contributed by atoms with Crippen molar-refractivity contribution in [3.63, 3.8) is 0 Å². The summed E-state index contributed by atoms with van der Waals surface area (Å²) in [5, 5.41) is 0. The molecule has 0 amide bonds. The minimum Gasteiger partial charge on any atom is -0.330 e. The number of pyridine rings is 1. The molecule has 0 spiro atoms. The summed E-state index contributed by atoms with van der Waals surface area (Å²) in [7, 11) is 0. The van der Waals surface area contributed by atoms with E-state index in [1.165, 1.54) is 5.56 Å². The van der Waals surface area contributed by atoms with Crippen molar-refractivity contribution < 1.29 is 0 Å². The quantitative estimate of drug-likeness (QED) is 0.548. The maximum Gasteiger partial charge on any atom is 0.140 e. The summed E-state index contributed by atoms with van der Waals surface area (Å²) < 4.78 is 0. The van der Waals surface area contributed by atoms with Gasteiger partial charge < -0.3 is 11.2 Å². The zero-order valence-electron chi connectivity index (χ0n) is 9.56. The van der Waals surface area contributed by atoms with E-state index in [0.717, 1.165) is 17.5 Å². The van der Waals surface area contributed by atoms with E-state index in [-0.39, 0.29) is 0 Å². The molecule has 5 N–H and O–H groups in total. The molecule has 88 valence electrons. The number of aromatic nitrogens is 1. The molecule has 4 heteroatoms. The van der Waals surface area contributed by atoms with Crippen LogP contribution in [0.5, 0.6) is 0 Å². The number of hydrazine groups is 1. The van der Waals surface area contributed by atoms with Crippen molar-refractivity contribution in [2.75, 3.05) is 12.0 Å². The normalized spacial score (nSPS) is 10.2. The second-order valence-corrected chi connectivity index (χ2v) is 3.81. The number of hydrogen-bond acceptors (Lipinski definition) is 4. The highest BCUT2D eigenvalue weighted by molar-refractivity contribution is 5.66. The summed E-state index contributed by atoms with van der Waals surface area (Å²) in [5.74, 6) is 5.99. The van der Waals surface area contributed by atoms with Crippen LogP contribution in [0.3, 0.4) is 0 Å². The summed E-state index contributed by atoms with van der Waals surface area (Å²) in [6, 6.07) is 12.2. The standard InChI is InChI=1S/C13H16N4/c14-7-5-10-1-3-11(4-2-10)12-6-8-16-13(9-12)17-15/h1-4,6,8-9H,5,7,14-15H2,(H,16,17). The highest BCUT2D eigenvalue weighted by Crippen LogP contribution is 2.21. The molecule has 2 rings (SSSR count). The second kappa shape index (κ2) is 5.43. The van der Waals surface area contributed by atoms with Crippen LogP contribution in [0.4, 0.5) is 5.82 Å². The molecule has 0 aliphatic carbocycles. The van der Waals surface area contributed by atoms with Gasteiger partial charge in [0.25, 0.3) is 0 Å². The third-order valence-corrected chi connectivity index (χ3v) is 2.63. The maximum absolute atomic E-state index is 5.52. The van der Waals surface area contributed by atoms with Crippen molar-refractivity contribution in [3.05, 3.63) is 48.2 Å². The molecule has 0 unspecified atom stereocenters. The molecule has 0 bridgehead atoms. The van der Waals surface area contributed by atoms with Gasteiger partial charge in [0.2, 0.25) is 0 Å². The van der Waals surface area contributed by atoms with E-state index in [1.807, 2.05) is 12.1 Å². The summed E-state index contributed by atoms with van der Waals surface area (Å²) >= 11 is 0. The zero-order chi connectivity index (χ0) is 12.1. The third-order valence-electron chi connectivity index (χ3n) is 2.63. The van der Waals surface area contributed by atoms with Crippen molar-refractivity contribution in [2.24, 2.45) is 11.6 Å². The van der Waals surface area contributed by atoms with E-state index in [4.69, 9.17) is 11.6 Å². The van der Waals surface area contributed by atoms with Crippen LogP contribution < -0.4 is 17.0 Å². The molecule has 0 saturated carbocycles. The van der Waals surface area contributed by atoms with Gasteiger partial charge in [-0.15, -0.1) is 0 Å². The fourth-order valence-corrected chi connectivity index (χ4v) is 1.72. The first-order valence-electron chi connectivity index (χ1n) is 5.55. The van der Waals surface area contributed by atoms with Crippen LogP contribution in [0, 0.1) is 0 Å². The predicted octanol–water partition coefficient (Wildman–Crippen LogP) is 1.54. The number of nitrogens with two attached hydrogens (primary N) is 2. The summed E-state index contributed by atoms with van der Waals surface area (Å²) in [6.45, 7) is 0.676. The van der Waals surface area contributed by atoms with E-state index in [9.17, 15) is 0 Å². The SMILES string of the molecule is NCCc1ccc(-c2ccnc(NN)c2)cc1. The molecule has 2 aromatic rings. The van der Waals surface area contributed by atoms with Crippen LogP contribution in [0.15, 0.2) is 42.6 Å². The number of nitrogen functional groups attached to an aromatic ring is 1. The fraction of sp³-hybridized carbons (Fsp3) is 0.154. The molecule has 17 heavy (non-hydrogen) atoms. The van der Waals surface area contributed by atoms with Crippen molar-refractivity contribution in [2.45, 2.75) is 6.42 Å². The zero-order valence-corrected chi connectivity index (χ0v) is 9.56. The molecular weight excluding hydrogens is 212 g/mol. The Morgan fingerprint density at radius 3 is 2.47 bits per heavy atom. The minimum atomic E-state index is 0.661. The Morgan fingerprint density at radius 2 is 1.82 bits per heavy atom. The topological polar surface area (TPSA) is 77.0 Å². The summed E-state index contributed by atoms with van der Waals surface area (Å²) in [6.07, 6.45) is 2.64. The Morgan fingerprint density at radius 1 is 1.06 bits per heavy atom. The van der Waals surface area contributed by atoms with Crippen molar-refractivity contribution in [1.29, 1.82) is 0 Å². The van der Waals surface area contributed by atoms with Crippen molar-refractivity contribution >= 4 is 5.82 Å². The monoisotopic (exact) mass is 228 g/mol. The van der Waals surface area contributed by atoms with Gasteiger partial charge in [-0.25, -0.2) is 10.8 Å². The number of nitrogens with one attached hydrogen (secondary N) is 1. The number of nitrogens with zero attached hydrogens (tertiary/aromatic N) is 1. The Kier molecular flexibility index (Phi) is 3.69. The molecule has 0 aliphatic heterocycles. The van der Waals surface area contributed by atoms with Crippen LogP contribution in [-0.2, 0) is 6.42 Å². The van der Waals surface area contributed by atoms with Gasteiger partial charge in [0.15, 0.2) is 0 Å². The molecule has 0 atom stereocenters. The maximum atomic E-state index is 5.52. The Labute approximate surface area is 101 Å². The number of hydrogen-bond donors (Lipinski definition) is 3. The Bertz CT molecular complexity index is 479. The first-order chi connectivity index (χ1) is 8.33. The first kappa shape index (κ1) is 11.6. The highest BCUT2D eigenvalue weighted by atomic mass is 15.2. The lowest BCUT2D eigenvalue weighted by Crippen LogP contribution is -2.08. The minimum absolute atomic E-state index is 0.661. The van der Waals surface area contributed by atoms with Crippen LogP contribution in [0.1, 0.15) is 5.56 Å². The average Bonchev–Trinajstić information content (AvgIpc) is 2.40. The van der Waals surface area contributed by atoms with Gasteiger partial charge in [0, 0.05) is 6.20 Å².